The van der Waals surface area contributed by atoms with Gasteiger partial charge >= 0.3 is 12.4 Å². The summed E-state index contributed by atoms with van der Waals surface area (Å²) in [4.78, 5) is 0. The fraction of sp³-hybridized carbons (Fsp3) is 0.185. The molecule has 190 valence electrons. The van der Waals surface area contributed by atoms with Crippen LogP contribution in [-0.4, -0.2) is 31.4 Å². The van der Waals surface area contributed by atoms with Gasteiger partial charge in [0, 0.05) is 23.8 Å². The van der Waals surface area contributed by atoms with E-state index in [0.717, 1.165) is 7.11 Å². The largest absolute Gasteiger partial charge is 0.507 e. The molecule has 0 amide bonds. The van der Waals surface area contributed by atoms with Crippen LogP contribution in [-0.2, 0) is 15.1 Å². The second kappa shape index (κ2) is 11.0. The van der Waals surface area contributed by atoms with Gasteiger partial charge in [-0.3, -0.25) is 0 Å². The Labute approximate surface area is 203 Å². The van der Waals surface area contributed by atoms with E-state index in [-0.39, 0.29) is 11.1 Å². The normalized spacial score (nSPS) is 13.1. The first-order chi connectivity index (χ1) is 17.0. The Kier molecular flexibility index (Phi) is 8.27. The van der Waals surface area contributed by atoms with Crippen LogP contribution >= 0.6 is 0 Å². The molecular weight excluding hydrogens is 486 g/mol. The lowest BCUT2D eigenvalue weighted by molar-refractivity contribution is -0.400. The molecule has 0 bridgehead atoms. The van der Waals surface area contributed by atoms with Crippen LogP contribution in [0.1, 0.15) is 27.8 Å². The number of methoxy groups -OCH3 is 1. The first-order valence-electron chi connectivity index (χ1n) is 10.6. The number of ether oxygens (including phenoxy) is 2. The average Bonchev–Trinajstić information content (AvgIpc) is 2.83. The van der Waals surface area contributed by atoms with Crippen LogP contribution in [0, 0.1) is 0 Å². The molecule has 3 aromatic carbocycles. The van der Waals surface area contributed by atoms with Crippen LogP contribution < -0.4 is 0 Å². The van der Waals surface area contributed by atoms with Crippen molar-refractivity contribution >= 4 is 24.3 Å². The van der Waals surface area contributed by atoms with Crippen LogP contribution in [0.2, 0.25) is 0 Å². The van der Waals surface area contributed by atoms with Crippen LogP contribution in [0.5, 0.6) is 5.75 Å². The lowest BCUT2D eigenvalue weighted by Gasteiger charge is -2.37. The quantitative estimate of drug-likeness (QED) is 0.193. The van der Waals surface area contributed by atoms with Crippen molar-refractivity contribution in [3.8, 4) is 5.75 Å². The van der Waals surface area contributed by atoms with E-state index in [2.05, 4.69) is 9.47 Å². The number of hydrogen-bond donors (Lipinski definition) is 1. The molecule has 0 heterocycles. The molecule has 9 heteroatoms. The van der Waals surface area contributed by atoms with Crippen molar-refractivity contribution in [2.75, 3.05) is 13.9 Å². The summed E-state index contributed by atoms with van der Waals surface area (Å²) in [5, 5.41) is 10.8. The summed E-state index contributed by atoms with van der Waals surface area (Å²) < 4.78 is 93.7. The van der Waals surface area contributed by atoms with Crippen molar-refractivity contribution in [3.63, 3.8) is 0 Å². The highest BCUT2D eigenvalue weighted by Gasteiger charge is 2.73. The molecule has 3 nitrogen and oxygen atoms in total. The van der Waals surface area contributed by atoms with Crippen LogP contribution in [0.15, 0.2) is 72.8 Å². The number of alkyl halides is 6. The summed E-state index contributed by atoms with van der Waals surface area (Å²) in [7, 11) is 0.913. The van der Waals surface area contributed by atoms with Crippen LogP contribution in [0.4, 0.5) is 26.3 Å². The summed E-state index contributed by atoms with van der Waals surface area (Å²) >= 11 is 0. The van der Waals surface area contributed by atoms with Crippen LogP contribution in [0.25, 0.3) is 24.3 Å². The molecule has 0 aliphatic rings. The van der Waals surface area contributed by atoms with E-state index in [9.17, 15) is 31.4 Å². The van der Waals surface area contributed by atoms with Crippen molar-refractivity contribution in [3.05, 3.63) is 101 Å². The number of aromatic hydroxyl groups is 1. The van der Waals surface area contributed by atoms with Crippen molar-refractivity contribution in [1.82, 2.24) is 0 Å². The Hall–Kier alpha value is -3.56. The minimum Gasteiger partial charge on any atom is -0.507 e. The Morgan fingerprint density at radius 3 is 1.47 bits per heavy atom. The monoisotopic (exact) mass is 508 g/mol. The van der Waals surface area contributed by atoms with Crippen molar-refractivity contribution < 1.29 is 40.9 Å². The second-order valence-corrected chi connectivity index (χ2v) is 7.72. The van der Waals surface area contributed by atoms with E-state index in [1.807, 2.05) is 0 Å². The highest BCUT2D eigenvalue weighted by molar-refractivity contribution is 5.80. The molecular formula is C27H22F6O3. The molecule has 0 unspecified atom stereocenters. The minimum absolute atomic E-state index is 0.261. The molecule has 0 aliphatic heterocycles. The van der Waals surface area contributed by atoms with E-state index < -0.39 is 36.1 Å². The highest BCUT2D eigenvalue weighted by Crippen LogP contribution is 2.54. The van der Waals surface area contributed by atoms with Gasteiger partial charge in [0.05, 0.1) is 0 Å². The zero-order valence-corrected chi connectivity index (χ0v) is 19.0. The van der Waals surface area contributed by atoms with E-state index in [1.54, 1.807) is 60.7 Å². The van der Waals surface area contributed by atoms with Gasteiger partial charge in [-0.1, -0.05) is 85.0 Å². The van der Waals surface area contributed by atoms with Gasteiger partial charge < -0.3 is 14.6 Å². The number of benzene rings is 3. The zero-order chi connectivity index (χ0) is 26.4. The summed E-state index contributed by atoms with van der Waals surface area (Å²) in [6.07, 6.45) is -6.41. The molecule has 1 N–H and O–H groups in total. The number of hydrogen-bond acceptors (Lipinski definition) is 3. The standard InChI is InChI=1S/C27H22F6O3/c1-35-18-36-25(26(28,29)30,27(31,32)33)23-16-21(14-12-19-8-4-2-5-9-19)24(34)22(17-23)15-13-20-10-6-3-7-11-20/h2-17,34H,18H2,1H3/b14-12+,15-13+. The van der Waals surface area contributed by atoms with E-state index >= 15 is 0 Å². The van der Waals surface area contributed by atoms with E-state index in [0.29, 0.717) is 23.3 Å². The molecule has 0 spiro atoms. The SMILES string of the molecule is COCOC(c1cc(/C=C/c2ccccc2)c(O)c(/C=C/c2ccccc2)c1)(C(F)(F)F)C(F)(F)F. The summed E-state index contributed by atoms with van der Waals surface area (Å²) in [6, 6.07) is 18.3. The molecule has 0 aromatic heterocycles. The minimum atomic E-state index is -5.90. The maximum Gasteiger partial charge on any atom is 0.430 e. The third kappa shape index (κ3) is 5.80. The van der Waals surface area contributed by atoms with Gasteiger partial charge in [0.2, 0.25) is 0 Å². The highest BCUT2D eigenvalue weighted by atomic mass is 19.4. The number of phenols is 1. The Morgan fingerprint density at radius 1 is 0.694 bits per heavy atom. The smallest absolute Gasteiger partial charge is 0.430 e. The first-order valence-corrected chi connectivity index (χ1v) is 10.6. The molecule has 0 aliphatic carbocycles. The lowest BCUT2D eigenvalue weighted by atomic mass is 9.88. The van der Waals surface area contributed by atoms with Gasteiger partial charge in [-0.05, 0) is 23.3 Å². The number of phenolic OH excluding ortho intramolecular Hbond substituents is 1. The fourth-order valence-electron chi connectivity index (χ4n) is 3.52. The van der Waals surface area contributed by atoms with Gasteiger partial charge in [-0.2, -0.15) is 26.3 Å². The van der Waals surface area contributed by atoms with Gasteiger partial charge in [0.1, 0.15) is 12.5 Å². The average molecular weight is 508 g/mol. The first kappa shape index (κ1) is 27.0. The van der Waals surface area contributed by atoms with E-state index in [4.69, 9.17) is 0 Å². The van der Waals surface area contributed by atoms with Crippen molar-refractivity contribution in [2.24, 2.45) is 0 Å². The van der Waals surface area contributed by atoms with E-state index in [1.165, 1.54) is 24.3 Å². The van der Waals surface area contributed by atoms with Crippen molar-refractivity contribution in [2.45, 2.75) is 18.0 Å². The lowest BCUT2D eigenvalue weighted by Crippen LogP contribution is -2.56. The Morgan fingerprint density at radius 2 is 1.11 bits per heavy atom. The molecule has 3 rings (SSSR count). The predicted octanol–water partition coefficient (Wildman–Crippen LogP) is 7.67. The number of halogens is 6. The topological polar surface area (TPSA) is 38.7 Å². The maximum absolute atomic E-state index is 14.1. The van der Waals surface area contributed by atoms with Crippen molar-refractivity contribution in [1.29, 1.82) is 0 Å². The third-order valence-electron chi connectivity index (χ3n) is 5.28. The molecule has 0 radical (unpaired) electrons. The molecule has 0 saturated heterocycles. The molecule has 3 aromatic rings. The Bertz CT molecular complexity index is 1120. The van der Waals surface area contributed by atoms with Gasteiger partial charge in [0.25, 0.3) is 5.60 Å². The third-order valence-corrected chi connectivity index (χ3v) is 5.28. The van der Waals surface area contributed by atoms with Gasteiger partial charge in [-0.25, -0.2) is 0 Å². The van der Waals surface area contributed by atoms with Crippen LogP contribution in [0.3, 0.4) is 0 Å². The molecule has 36 heavy (non-hydrogen) atoms. The number of rotatable bonds is 8. The summed E-state index contributed by atoms with van der Waals surface area (Å²) in [5.41, 5.74) is -5.23. The summed E-state index contributed by atoms with van der Waals surface area (Å²) in [5.74, 6) is -0.497. The predicted molar refractivity (Wildman–Crippen MR) is 126 cm³/mol. The molecule has 0 saturated carbocycles. The summed E-state index contributed by atoms with van der Waals surface area (Å²) in [6.45, 7) is -1.27. The van der Waals surface area contributed by atoms with Gasteiger partial charge in [0.15, 0.2) is 0 Å². The molecule has 0 fully saturated rings. The zero-order valence-electron chi connectivity index (χ0n) is 19.0. The Balaban J connectivity index is 2.27. The van der Waals surface area contributed by atoms with Gasteiger partial charge in [-0.15, -0.1) is 0 Å². The fourth-order valence-corrected chi connectivity index (χ4v) is 3.52. The molecule has 0 atom stereocenters. The maximum atomic E-state index is 14.1. The second-order valence-electron chi connectivity index (χ2n) is 7.72.